The fraction of sp³-hybridized carbons (Fsp3) is 0.438. The highest BCUT2D eigenvalue weighted by atomic mass is 32.2. The lowest BCUT2D eigenvalue weighted by Gasteiger charge is -2.32. The molecule has 0 aliphatic carbocycles. The molecule has 0 unspecified atom stereocenters. The summed E-state index contributed by atoms with van der Waals surface area (Å²) in [6.45, 7) is 2.53. The van der Waals surface area contributed by atoms with Crippen molar-refractivity contribution in [1.29, 1.82) is 0 Å². The molecule has 9 heteroatoms. The second-order valence-electron chi connectivity index (χ2n) is 6.00. The van der Waals surface area contributed by atoms with Crippen molar-refractivity contribution in [2.24, 2.45) is 0 Å². The zero-order chi connectivity index (χ0) is 17.9. The van der Waals surface area contributed by atoms with Crippen molar-refractivity contribution in [3.8, 4) is 0 Å². The molecule has 134 valence electrons. The molecule has 0 aromatic carbocycles. The second-order valence-corrected chi connectivity index (χ2v) is 8.08. The molecule has 1 aliphatic rings. The van der Waals surface area contributed by atoms with Crippen molar-refractivity contribution in [3.63, 3.8) is 0 Å². The molecule has 25 heavy (non-hydrogen) atoms. The number of carbonyl (C=O) groups excluding carboxylic acids is 1. The Morgan fingerprint density at radius 2 is 2.20 bits per heavy atom. The molecule has 0 spiro atoms. The molecule has 1 aliphatic heterocycles. The smallest absolute Gasteiger partial charge is 0.244 e. The molecule has 8 nitrogen and oxygen atoms in total. The summed E-state index contributed by atoms with van der Waals surface area (Å²) >= 11 is 0. The highest BCUT2D eigenvalue weighted by molar-refractivity contribution is 7.89. The number of amides is 1. The van der Waals surface area contributed by atoms with Crippen LogP contribution >= 0.6 is 0 Å². The van der Waals surface area contributed by atoms with Gasteiger partial charge in [-0.1, -0.05) is 13.0 Å². The van der Waals surface area contributed by atoms with Crippen LogP contribution in [0.4, 0.5) is 0 Å². The Morgan fingerprint density at radius 1 is 1.36 bits per heavy atom. The van der Waals surface area contributed by atoms with Crippen LogP contribution in [-0.4, -0.2) is 45.5 Å². The number of imidazole rings is 1. The molecule has 1 atom stereocenters. The summed E-state index contributed by atoms with van der Waals surface area (Å²) in [4.78, 5) is 20.7. The van der Waals surface area contributed by atoms with Gasteiger partial charge in [0, 0.05) is 31.7 Å². The van der Waals surface area contributed by atoms with Crippen molar-refractivity contribution in [2.75, 3.05) is 12.3 Å². The number of fused-ring (bicyclic) bond motifs is 1. The Labute approximate surface area is 146 Å². The zero-order valence-corrected chi connectivity index (χ0v) is 14.8. The van der Waals surface area contributed by atoms with E-state index in [4.69, 9.17) is 0 Å². The van der Waals surface area contributed by atoms with Gasteiger partial charge in [0.2, 0.25) is 15.9 Å². The SMILES string of the molecule is CCCS(=O)(=O)N1Cc2cncn2[C@H](C(=O)NCc2cccnc2)C1. The molecule has 0 saturated heterocycles. The molecule has 2 aromatic heterocycles. The van der Waals surface area contributed by atoms with Crippen LogP contribution in [0.15, 0.2) is 37.1 Å². The first kappa shape index (κ1) is 17.6. The lowest BCUT2D eigenvalue weighted by molar-refractivity contribution is -0.125. The number of nitrogens with zero attached hydrogens (tertiary/aromatic N) is 4. The number of rotatable bonds is 6. The highest BCUT2D eigenvalue weighted by Crippen LogP contribution is 2.24. The summed E-state index contributed by atoms with van der Waals surface area (Å²) < 4.78 is 28.0. The lowest BCUT2D eigenvalue weighted by Crippen LogP contribution is -2.46. The van der Waals surface area contributed by atoms with Crippen LogP contribution in [0, 0.1) is 0 Å². The molecule has 0 radical (unpaired) electrons. The molecule has 2 aromatic rings. The van der Waals surface area contributed by atoms with Gasteiger partial charge in [0.1, 0.15) is 6.04 Å². The summed E-state index contributed by atoms with van der Waals surface area (Å²) in [6, 6.07) is 3.04. The number of pyridine rings is 1. The van der Waals surface area contributed by atoms with E-state index in [0.717, 1.165) is 5.56 Å². The predicted octanol–water partition coefficient (Wildman–Crippen LogP) is 0.691. The largest absolute Gasteiger partial charge is 0.350 e. The van der Waals surface area contributed by atoms with Crippen LogP contribution in [0.1, 0.15) is 30.6 Å². The van der Waals surface area contributed by atoms with Crippen LogP contribution in [0.5, 0.6) is 0 Å². The predicted molar refractivity (Wildman–Crippen MR) is 91.8 cm³/mol. The van der Waals surface area contributed by atoms with Crippen LogP contribution < -0.4 is 5.32 Å². The number of sulfonamides is 1. The molecule has 0 fully saturated rings. The minimum absolute atomic E-state index is 0.0746. The molecular formula is C16H21N5O3S. The Hall–Kier alpha value is -2.26. The number of hydrogen-bond donors (Lipinski definition) is 1. The van der Waals surface area contributed by atoms with Crippen molar-refractivity contribution in [2.45, 2.75) is 32.5 Å². The summed E-state index contributed by atoms with van der Waals surface area (Å²) in [5.41, 5.74) is 1.60. The van der Waals surface area contributed by atoms with Crippen molar-refractivity contribution < 1.29 is 13.2 Å². The number of carbonyl (C=O) groups is 1. The van der Waals surface area contributed by atoms with E-state index in [0.29, 0.717) is 18.7 Å². The van der Waals surface area contributed by atoms with Gasteiger partial charge in [0.05, 0.1) is 24.3 Å². The van der Waals surface area contributed by atoms with E-state index < -0.39 is 16.1 Å². The Morgan fingerprint density at radius 3 is 2.92 bits per heavy atom. The van der Waals surface area contributed by atoms with Crippen LogP contribution in [-0.2, 0) is 27.9 Å². The fourth-order valence-electron chi connectivity index (χ4n) is 2.88. The van der Waals surface area contributed by atoms with E-state index in [9.17, 15) is 13.2 Å². The third kappa shape index (κ3) is 3.88. The van der Waals surface area contributed by atoms with Crippen LogP contribution in [0.2, 0.25) is 0 Å². The minimum atomic E-state index is -3.39. The number of hydrogen-bond acceptors (Lipinski definition) is 5. The maximum atomic E-state index is 12.7. The molecule has 0 saturated carbocycles. The van der Waals surface area contributed by atoms with Gasteiger partial charge < -0.3 is 9.88 Å². The van der Waals surface area contributed by atoms with E-state index in [1.165, 1.54) is 4.31 Å². The van der Waals surface area contributed by atoms with Gasteiger partial charge in [-0.3, -0.25) is 9.78 Å². The average molecular weight is 363 g/mol. The van der Waals surface area contributed by atoms with Crippen LogP contribution in [0.3, 0.4) is 0 Å². The topological polar surface area (TPSA) is 97.2 Å². The van der Waals surface area contributed by atoms with E-state index in [2.05, 4.69) is 15.3 Å². The van der Waals surface area contributed by atoms with Gasteiger partial charge in [0.15, 0.2) is 0 Å². The highest BCUT2D eigenvalue weighted by Gasteiger charge is 2.35. The molecule has 0 bridgehead atoms. The summed E-state index contributed by atoms with van der Waals surface area (Å²) in [5.74, 6) is -0.162. The van der Waals surface area contributed by atoms with Gasteiger partial charge in [-0.25, -0.2) is 13.4 Å². The Bertz CT molecular complexity index is 834. The van der Waals surface area contributed by atoms with Gasteiger partial charge in [-0.2, -0.15) is 4.31 Å². The first-order valence-electron chi connectivity index (χ1n) is 8.16. The van der Waals surface area contributed by atoms with E-state index in [1.807, 2.05) is 13.0 Å². The summed E-state index contributed by atoms with van der Waals surface area (Å²) in [7, 11) is -3.39. The van der Waals surface area contributed by atoms with Crippen molar-refractivity contribution in [1.82, 2.24) is 24.2 Å². The third-order valence-corrected chi connectivity index (χ3v) is 6.13. The second kappa shape index (κ2) is 7.32. The molecular weight excluding hydrogens is 342 g/mol. The quantitative estimate of drug-likeness (QED) is 0.814. The van der Waals surface area contributed by atoms with Gasteiger partial charge in [-0.05, 0) is 18.1 Å². The zero-order valence-electron chi connectivity index (χ0n) is 14.0. The normalized spacial score (nSPS) is 17.9. The van der Waals surface area contributed by atoms with E-state index in [1.54, 1.807) is 35.6 Å². The molecule has 1 amide bonds. The Balaban J connectivity index is 1.76. The summed E-state index contributed by atoms with van der Waals surface area (Å²) in [5, 5.41) is 2.85. The van der Waals surface area contributed by atoms with Crippen LogP contribution in [0.25, 0.3) is 0 Å². The summed E-state index contributed by atoms with van der Waals surface area (Å²) in [6.07, 6.45) is 7.07. The standard InChI is InChI=1S/C16H21N5O3S/c1-2-6-25(23,24)20-10-14-9-18-12-21(14)15(11-20)16(22)19-8-13-4-3-5-17-7-13/h3-5,7,9,12,15H,2,6,8,10-11H2,1H3,(H,19,22)/t15-/m0/s1. The van der Waals surface area contributed by atoms with Gasteiger partial charge in [-0.15, -0.1) is 0 Å². The maximum Gasteiger partial charge on any atom is 0.244 e. The minimum Gasteiger partial charge on any atom is -0.350 e. The lowest BCUT2D eigenvalue weighted by atomic mass is 10.2. The molecule has 3 rings (SSSR count). The monoisotopic (exact) mass is 363 g/mol. The Kier molecular flexibility index (Phi) is 5.14. The third-order valence-electron chi connectivity index (χ3n) is 4.14. The van der Waals surface area contributed by atoms with E-state index >= 15 is 0 Å². The van der Waals surface area contributed by atoms with Gasteiger partial charge in [0.25, 0.3) is 0 Å². The average Bonchev–Trinajstić information content (AvgIpc) is 3.08. The number of aromatic nitrogens is 3. The first-order chi connectivity index (χ1) is 12.0. The molecule has 1 N–H and O–H groups in total. The van der Waals surface area contributed by atoms with E-state index in [-0.39, 0.29) is 24.7 Å². The number of nitrogens with one attached hydrogen (secondary N) is 1. The fourth-order valence-corrected chi connectivity index (χ4v) is 4.35. The van der Waals surface area contributed by atoms with Crippen molar-refractivity contribution >= 4 is 15.9 Å². The maximum absolute atomic E-state index is 12.7. The molecule has 3 heterocycles. The van der Waals surface area contributed by atoms with Gasteiger partial charge >= 0.3 is 0 Å². The first-order valence-corrected chi connectivity index (χ1v) is 9.77. The van der Waals surface area contributed by atoms with Crippen molar-refractivity contribution in [3.05, 3.63) is 48.3 Å².